The molecule has 0 aliphatic carbocycles. The van der Waals surface area contributed by atoms with Gasteiger partial charge in [-0.25, -0.2) is 14.2 Å². The maximum Gasteiger partial charge on any atom is 0.330 e. The number of nitrogens with zero attached hydrogens (tertiary/aromatic N) is 3. The zero-order chi connectivity index (χ0) is 19.8. The Morgan fingerprint density at radius 1 is 1.32 bits per heavy atom. The third-order valence-electron chi connectivity index (χ3n) is 4.53. The first kappa shape index (κ1) is 19.9. The fraction of sp³-hybridized carbons (Fsp3) is 0.381. The Bertz CT molecular complexity index is 793. The van der Waals surface area contributed by atoms with Crippen LogP contribution in [0.5, 0.6) is 0 Å². The van der Waals surface area contributed by atoms with E-state index in [1.165, 1.54) is 18.2 Å². The molecule has 1 N–H and O–H groups in total. The van der Waals surface area contributed by atoms with Gasteiger partial charge in [0.1, 0.15) is 11.6 Å². The SMILES string of the molecule is CCOC(=O)C=Cc1cnc(N[C@@H]2CCCN(Cc3ccc(F)cc3)C2)cn1. The number of halogens is 1. The predicted octanol–water partition coefficient (Wildman–Crippen LogP) is 3.27. The first-order valence-electron chi connectivity index (χ1n) is 9.52. The monoisotopic (exact) mass is 384 g/mol. The van der Waals surface area contributed by atoms with Crippen molar-refractivity contribution in [2.75, 3.05) is 25.0 Å². The van der Waals surface area contributed by atoms with E-state index in [0.717, 1.165) is 38.0 Å². The molecule has 1 aromatic carbocycles. The lowest BCUT2D eigenvalue weighted by molar-refractivity contribution is -0.137. The number of benzene rings is 1. The fourth-order valence-electron chi connectivity index (χ4n) is 3.22. The van der Waals surface area contributed by atoms with Crippen LogP contribution in [0.3, 0.4) is 0 Å². The van der Waals surface area contributed by atoms with E-state index >= 15 is 0 Å². The summed E-state index contributed by atoms with van der Waals surface area (Å²) in [6, 6.07) is 6.95. The molecule has 0 spiro atoms. The molecule has 6 nitrogen and oxygen atoms in total. The highest BCUT2D eigenvalue weighted by Gasteiger charge is 2.20. The highest BCUT2D eigenvalue weighted by atomic mass is 19.1. The van der Waals surface area contributed by atoms with Gasteiger partial charge in [0.2, 0.25) is 0 Å². The van der Waals surface area contributed by atoms with Crippen molar-refractivity contribution >= 4 is 17.9 Å². The van der Waals surface area contributed by atoms with Gasteiger partial charge in [-0.15, -0.1) is 0 Å². The topological polar surface area (TPSA) is 67.3 Å². The Labute approximate surface area is 164 Å². The van der Waals surface area contributed by atoms with E-state index in [-0.39, 0.29) is 11.9 Å². The minimum absolute atomic E-state index is 0.207. The summed E-state index contributed by atoms with van der Waals surface area (Å²) in [5.41, 5.74) is 1.71. The number of anilines is 1. The van der Waals surface area contributed by atoms with Crippen LogP contribution in [-0.4, -0.2) is 46.6 Å². The molecule has 0 unspecified atom stereocenters. The molecule has 1 aliphatic heterocycles. The van der Waals surface area contributed by atoms with Crippen LogP contribution >= 0.6 is 0 Å². The number of piperidine rings is 1. The standard InChI is InChI=1S/C21H25FN4O2/c1-2-28-21(27)10-9-18-12-24-20(13-23-18)25-19-4-3-11-26(15-19)14-16-5-7-17(22)8-6-16/h5-10,12-13,19H,2-4,11,14-15H2,1H3,(H,24,25)/t19-/m1/s1. The van der Waals surface area contributed by atoms with Crippen molar-refractivity contribution in [3.05, 3.63) is 59.8 Å². The van der Waals surface area contributed by atoms with Gasteiger partial charge in [-0.2, -0.15) is 0 Å². The van der Waals surface area contributed by atoms with Gasteiger partial charge in [0.05, 0.1) is 24.7 Å². The molecular weight excluding hydrogens is 359 g/mol. The Morgan fingerprint density at radius 3 is 2.86 bits per heavy atom. The van der Waals surface area contributed by atoms with Crippen LogP contribution in [0.2, 0.25) is 0 Å². The molecule has 0 saturated carbocycles. The average Bonchev–Trinajstić information content (AvgIpc) is 2.70. The van der Waals surface area contributed by atoms with E-state index in [0.29, 0.717) is 18.1 Å². The molecule has 2 aromatic rings. The lowest BCUT2D eigenvalue weighted by Crippen LogP contribution is -2.41. The van der Waals surface area contributed by atoms with E-state index < -0.39 is 5.97 Å². The summed E-state index contributed by atoms with van der Waals surface area (Å²) in [5, 5.41) is 3.43. The Hall–Kier alpha value is -2.80. The molecule has 148 valence electrons. The number of hydrogen-bond donors (Lipinski definition) is 1. The number of hydrogen-bond acceptors (Lipinski definition) is 6. The molecule has 28 heavy (non-hydrogen) atoms. The number of carbonyl (C=O) groups excluding carboxylic acids is 1. The fourth-order valence-corrected chi connectivity index (χ4v) is 3.22. The highest BCUT2D eigenvalue weighted by Crippen LogP contribution is 2.17. The number of esters is 1. The van der Waals surface area contributed by atoms with Crippen LogP contribution in [0.25, 0.3) is 6.08 Å². The zero-order valence-corrected chi connectivity index (χ0v) is 16.0. The summed E-state index contributed by atoms with van der Waals surface area (Å²) in [4.78, 5) is 22.4. The number of nitrogens with one attached hydrogen (secondary N) is 1. The van der Waals surface area contributed by atoms with Gasteiger partial charge >= 0.3 is 5.97 Å². The molecular formula is C21H25FN4O2. The number of likely N-dealkylation sites (tertiary alicyclic amines) is 1. The van der Waals surface area contributed by atoms with Gasteiger partial charge in [0, 0.05) is 25.2 Å². The largest absolute Gasteiger partial charge is 0.463 e. The Kier molecular flexibility index (Phi) is 7.08. The van der Waals surface area contributed by atoms with E-state index in [2.05, 4.69) is 20.2 Å². The Morgan fingerprint density at radius 2 is 2.14 bits per heavy atom. The molecule has 1 atom stereocenters. The van der Waals surface area contributed by atoms with E-state index in [4.69, 9.17) is 4.74 Å². The predicted molar refractivity (Wildman–Crippen MR) is 106 cm³/mol. The van der Waals surface area contributed by atoms with E-state index in [1.807, 2.05) is 12.1 Å². The highest BCUT2D eigenvalue weighted by molar-refractivity contribution is 5.86. The van der Waals surface area contributed by atoms with E-state index in [1.54, 1.807) is 25.4 Å². The number of carbonyl (C=O) groups is 1. The summed E-state index contributed by atoms with van der Waals surface area (Å²) in [6.07, 6.45) is 8.37. The molecule has 0 radical (unpaired) electrons. The summed E-state index contributed by atoms with van der Waals surface area (Å²) in [5.74, 6) is 0.109. The second-order valence-corrected chi connectivity index (χ2v) is 6.76. The number of ether oxygens (including phenoxy) is 1. The van der Waals surface area contributed by atoms with Gasteiger partial charge in [-0.1, -0.05) is 12.1 Å². The smallest absolute Gasteiger partial charge is 0.330 e. The van der Waals surface area contributed by atoms with Crippen LogP contribution in [0.15, 0.2) is 42.7 Å². The summed E-state index contributed by atoms with van der Waals surface area (Å²) in [6.45, 7) is 4.83. The van der Waals surface area contributed by atoms with Crippen molar-refractivity contribution < 1.29 is 13.9 Å². The van der Waals surface area contributed by atoms with Crippen LogP contribution in [0.1, 0.15) is 31.0 Å². The zero-order valence-electron chi connectivity index (χ0n) is 16.0. The molecule has 7 heteroatoms. The summed E-state index contributed by atoms with van der Waals surface area (Å²) in [7, 11) is 0. The quantitative estimate of drug-likeness (QED) is 0.584. The van der Waals surface area contributed by atoms with Crippen molar-refractivity contribution in [3.8, 4) is 0 Å². The lowest BCUT2D eigenvalue weighted by atomic mass is 10.0. The second kappa shape index (κ2) is 9.94. The van der Waals surface area contributed by atoms with Gasteiger partial charge in [-0.05, 0) is 50.1 Å². The molecule has 0 amide bonds. The summed E-state index contributed by atoms with van der Waals surface area (Å²) >= 11 is 0. The van der Waals surface area contributed by atoms with Crippen LogP contribution in [-0.2, 0) is 16.1 Å². The van der Waals surface area contributed by atoms with Gasteiger partial charge in [-0.3, -0.25) is 9.88 Å². The second-order valence-electron chi connectivity index (χ2n) is 6.76. The minimum atomic E-state index is -0.394. The van der Waals surface area contributed by atoms with E-state index in [9.17, 15) is 9.18 Å². The third-order valence-corrected chi connectivity index (χ3v) is 4.53. The van der Waals surface area contributed by atoms with Gasteiger partial charge in [0.15, 0.2) is 0 Å². The van der Waals surface area contributed by atoms with Crippen molar-refractivity contribution in [1.29, 1.82) is 0 Å². The van der Waals surface area contributed by atoms with Crippen LogP contribution < -0.4 is 5.32 Å². The van der Waals surface area contributed by atoms with Crippen LogP contribution in [0.4, 0.5) is 10.2 Å². The molecule has 1 saturated heterocycles. The number of aromatic nitrogens is 2. The van der Waals surface area contributed by atoms with Gasteiger partial charge < -0.3 is 10.1 Å². The molecule has 1 aromatic heterocycles. The molecule has 1 fully saturated rings. The van der Waals surface area contributed by atoms with Gasteiger partial charge in [0.25, 0.3) is 0 Å². The molecule has 3 rings (SSSR count). The number of rotatable bonds is 7. The molecule has 2 heterocycles. The van der Waals surface area contributed by atoms with Crippen molar-refractivity contribution in [2.45, 2.75) is 32.4 Å². The Balaban J connectivity index is 1.51. The van der Waals surface area contributed by atoms with Crippen LogP contribution in [0, 0.1) is 5.82 Å². The maximum atomic E-state index is 13.1. The third kappa shape index (κ3) is 6.13. The maximum absolute atomic E-state index is 13.1. The summed E-state index contributed by atoms with van der Waals surface area (Å²) < 4.78 is 17.9. The van der Waals surface area contributed by atoms with Crippen molar-refractivity contribution in [1.82, 2.24) is 14.9 Å². The average molecular weight is 384 g/mol. The first-order chi connectivity index (χ1) is 13.6. The molecule has 0 bridgehead atoms. The van der Waals surface area contributed by atoms with Crippen molar-refractivity contribution in [2.24, 2.45) is 0 Å². The normalized spacial score (nSPS) is 17.6. The first-order valence-corrected chi connectivity index (χ1v) is 9.52. The molecule has 1 aliphatic rings. The van der Waals surface area contributed by atoms with Crippen molar-refractivity contribution in [3.63, 3.8) is 0 Å². The minimum Gasteiger partial charge on any atom is -0.463 e. The lowest BCUT2D eigenvalue weighted by Gasteiger charge is -2.33.